The van der Waals surface area contributed by atoms with Crippen LogP contribution in [0.1, 0.15) is 44.0 Å². The van der Waals surface area contributed by atoms with E-state index in [2.05, 4.69) is 22.2 Å². The van der Waals surface area contributed by atoms with Crippen molar-refractivity contribution in [3.63, 3.8) is 0 Å². The number of nitrogens with one attached hydrogen (secondary N) is 1. The van der Waals surface area contributed by atoms with Gasteiger partial charge in [0, 0.05) is 12.1 Å². The summed E-state index contributed by atoms with van der Waals surface area (Å²) in [7, 11) is 0. The molecule has 0 aliphatic rings. The zero-order valence-electron chi connectivity index (χ0n) is 16.5. The number of ether oxygens (including phenoxy) is 1. The first kappa shape index (κ1) is 19.6. The molecule has 146 valence electrons. The van der Waals surface area contributed by atoms with Crippen molar-refractivity contribution in [2.45, 2.75) is 39.7 Å². The van der Waals surface area contributed by atoms with E-state index in [0.29, 0.717) is 18.0 Å². The Balaban J connectivity index is 1.89. The Bertz CT molecular complexity index is 968. The average molecular weight is 378 g/mol. The Morgan fingerprint density at radius 2 is 1.82 bits per heavy atom. The molecular formula is C22H26N4O2. The fourth-order valence-electron chi connectivity index (χ4n) is 2.90. The summed E-state index contributed by atoms with van der Waals surface area (Å²) >= 11 is 0. The van der Waals surface area contributed by atoms with Gasteiger partial charge >= 0.3 is 0 Å². The minimum absolute atomic E-state index is 0.0216. The van der Waals surface area contributed by atoms with Crippen molar-refractivity contribution in [2.24, 2.45) is 0 Å². The number of carbonyl (C=O) groups is 1. The van der Waals surface area contributed by atoms with Gasteiger partial charge in [-0.3, -0.25) is 4.79 Å². The van der Waals surface area contributed by atoms with Crippen molar-refractivity contribution < 1.29 is 9.53 Å². The molecule has 0 bridgehead atoms. The number of nitrogen functional groups attached to an aromatic ring is 1. The van der Waals surface area contributed by atoms with E-state index in [1.165, 1.54) is 0 Å². The summed E-state index contributed by atoms with van der Waals surface area (Å²) < 4.78 is 5.81. The fraction of sp³-hybridized carbons (Fsp3) is 0.318. The number of nitrogens with two attached hydrogens (primary N) is 1. The van der Waals surface area contributed by atoms with Gasteiger partial charge in [-0.1, -0.05) is 31.5 Å². The van der Waals surface area contributed by atoms with Crippen LogP contribution in [0.5, 0.6) is 5.88 Å². The van der Waals surface area contributed by atoms with E-state index >= 15 is 0 Å². The molecule has 0 saturated heterocycles. The van der Waals surface area contributed by atoms with Gasteiger partial charge < -0.3 is 15.8 Å². The van der Waals surface area contributed by atoms with E-state index in [9.17, 15) is 4.79 Å². The highest BCUT2D eigenvalue weighted by molar-refractivity contribution is 5.95. The van der Waals surface area contributed by atoms with E-state index in [0.717, 1.165) is 34.9 Å². The molecule has 6 heteroatoms. The number of nitrogens with zero attached hydrogens (tertiary/aromatic N) is 2. The molecule has 1 amide bonds. The molecule has 3 N–H and O–H groups in total. The van der Waals surface area contributed by atoms with Gasteiger partial charge in [-0.15, -0.1) is 0 Å². The summed E-state index contributed by atoms with van der Waals surface area (Å²) in [6.45, 7) is 6.68. The topological polar surface area (TPSA) is 90.1 Å². The monoisotopic (exact) mass is 378 g/mol. The smallest absolute Gasteiger partial charge is 0.251 e. The fourth-order valence-corrected chi connectivity index (χ4v) is 2.90. The molecule has 0 unspecified atom stereocenters. The Morgan fingerprint density at radius 3 is 2.50 bits per heavy atom. The number of anilines is 1. The Kier molecular flexibility index (Phi) is 6.09. The highest BCUT2D eigenvalue weighted by atomic mass is 16.5. The third kappa shape index (κ3) is 4.57. The van der Waals surface area contributed by atoms with Crippen LogP contribution in [-0.2, 0) is 0 Å². The normalized spacial score (nSPS) is 11.0. The third-order valence-electron chi connectivity index (χ3n) is 4.32. The second kappa shape index (κ2) is 8.69. The molecule has 1 heterocycles. The molecule has 0 fully saturated rings. The third-order valence-corrected chi connectivity index (χ3v) is 4.32. The quantitative estimate of drug-likeness (QED) is 0.602. The lowest BCUT2D eigenvalue weighted by Gasteiger charge is -2.12. The lowest BCUT2D eigenvalue weighted by atomic mass is 10.0. The van der Waals surface area contributed by atoms with Gasteiger partial charge in [0.2, 0.25) is 11.8 Å². The number of fused-ring (bicyclic) bond motifs is 1. The number of carbonyl (C=O) groups excluding carboxylic acids is 1. The first-order valence-electron chi connectivity index (χ1n) is 9.60. The van der Waals surface area contributed by atoms with Crippen LogP contribution in [0.25, 0.3) is 22.0 Å². The molecule has 28 heavy (non-hydrogen) atoms. The summed E-state index contributed by atoms with van der Waals surface area (Å²) in [4.78, 5) is 20.7. The van der Waals surface area contributed by atoms with Crippen molar-refractivity contribution in [2.75, 3.05) is 12.3 Å². The van der Waals surface area contributed by atoms with E-state index in [1.54, 1.807) is 0 Å². The zero-order valence-corrected chi connectivity index (χ0v) is 16.5. The van der Waals surface area contributed by atoms with Crippen molar-refractivity contribution in [1.82, 2.24) is 15.3 Å². The van der Waals surface area contributed by atoms with Crippen LogP contribution in [-0.4, -0.2) is 28.5 Å². The molecular weight excluding hydrogens is 352 g/mol. The number of rotatable bonds is 7. The number of unbranched alkanes of at least 4 members (excludes halogenated alkanes) is 1. The molecule has 0 radical (unpaired) electrons. The van der Waals surface area contributed by atoms with Gasteiger partial charge in [0.25, 0.3) is 5.91 Å². The van der Waals surface area contributed by atoms with Gasteiger partial charge in [-0.05, 0) is 55.7 Å². The maximum absolute atomic E-state index is 12.2. The van der Waals surface area contributed by atoms with E-state index < -0.39 is 0 Å². The maximum atomic E-state index is 12.2. The van der Waals surface area contributed by atoms with Gasteiger partial charge in [-0.25, -0.2) is 4.98 Å². The molecule has 3 rings (SSSR count). The lowest BCUT2D eigenvalue weighted by Crippen LogP contribution is -2.24. The highest BCUT2D eigenvalue weighted by Crippen LogP contribution is 2.29. The number of hydrogen-bond donors (Lipinski definition) is 2. The Labute approximate surface area is 165 Å². The first-order valence-corrected chi connectivity index (χ1v) is 9.60. The predicted octanol–water partition coefficient (Wildman–Crippen LogP) is 4.20. The second-order valence-corrected chi connectivity index (χ2v) is 6.97. The van der Waals surface area contributed by atoms with Crippen molar-refractivity contribution in [3.05, 3.63) is 48.0 Å². The van der Waals surface area contributed by atoms with Crippen molar-refractivity contribution >= 4 is 22.8 Å². The summed E-state index contributed by atoms with van der Waals surface area (Å²) in [5.41, 5.74) is 9.18. The van der Waals surface area contributed by atoms with Crippen molar-refractivity contribution in [1.29, 1.82) is 0 Å². The summed E-state index contributed by atoms with van der Waals surface area (Å²) in [5.74, 6) is 0.621. The molecule has 0 aliphatic carbocycles. The van der Waals surface area contributed by atoms with Gasteiger partial charge in [0.1, 0.15) is 0 Å². The van der Waals surface area contributed by atoms with Crippen LogP contribution in [0.15, 0.2) is 42.5 Å². The van der Waals surface area contributed by atoms with Crippen LogP contribution in [0, 0.1) is 0 Å². The van der Waals surface area contributed by atoms with E-state index in [4.69, 9.17) is 10.5 Å². The van der Waals surface area contributed by atoms with E-state index in [1.807, 2.05) is 56.3 Å². The minimum atomic E-state index is -0.0463. The summed E-state index contributed by atoms with van der Waals surface area (Å²) in [5, 5.41) is 3.74. The predicted molar refractivity (Wildman–Crippen MR) is 112 cm³/mol. The number of aromatic nitrogens is 2. The van der Waals surface area contributed by atoms with Gasteiger partial charge in [-0.2, -0.15) is 4.98 Å². The SMILES string of the molecule is CCCCNC(=O)c1ccc(-c2ccc3nc(N)nc(OC(C)C)c3c2)cc1. The first-order chi connectivity index (χ1) is 13.5. The van der Waals surface area contributed by atoms with Crippen LogP contribution in [0.4, 0.5) is 5.95 Å². The van der Waals surface area contributed by atoms with Crippen LogP contribution in [0.3, 0.4) is 0 Å². The number of benzene rings is 2. The van der Waals surface area contributed by atoms with E-state index in [-0.39, 0.29) is 18.0 Å². The van der Waals surface area contributed by atoms with Gasteiger partial charge in [0.15, 0.2) is 0 Å². The molecule has 6 nitrogen and oxygen atoms in total. The van der Waals surface area contributed by atoms with Crippen LogP contribution < -0.4 is 15.8 Å². The summed E-state index contributed by atoms with van der Waals surface area (Å²) in [6, 6.07) is 13.4. The van der Waals surface area contributed by atoms with Gasteiger partial charge in [0.05, 0.1) is 17.0 Å². The summed E-state index contributed by atoms with van der Waals surface area (Å²) in [6.07, 6.45) is 2.01. The van der Waals surface area contributed by atoms with Crippen LogP contribution in [0.2, 0.25) is 0 Å². The standard InChI is InChI=1S/C22H26N4O2/c1-4-5-12-24-20(27)16-8-6-15(7-9-16)17-10-11-19-18(13-17)21(28-14(2)3)26-22(23)25-19/h6-11,13-14H,4-5,12H2,1-3H3,(H,24,27)(H2,23,25,26). The molecule has 0 aliphatic heterocycles. The molecule has 0 spiro atoms. The molecule has 0 saturated carbocycles. The molecule has 1 aromatic heterocycles. The molecule has 3 aromatic rings. The highest BCUT2D eigenvalue weighted by Gasteiger charge is 2.11. The number of hydrogen-bond acceptors (Lipinski definition) is 5. The number of amides is 1. The lowest BCUT2D eigenvalue weighted by molar-refractivity contribution is 0.0953. The average Bonchev–Trinajstić information content (AvgIpc) is 2.67. The minimum Gasteiger partial charge on any atom is -0.474 e. The second-order valence-electron chi connectivity index (χ2n) is 6.97. The largest absolute Gasteiger partial charge is 0.474 e. The molecule has 2 aromatic carbocycles. The van der Waals surface area contributed by atoms with Crippen LogP contribution >= 0.6 is 0 Å². The molecule has 0 atom stereocenters. The Morgan fingerprint density at radius 1 is 1.11 bits per heavy atom. The van der Waals surface area contributed by atoms with Crippen molar-refractivity contribution in [3.8, 4) is 17.0 Å². The zero-order chi connectivity index (χ0) is 20.1. The maximum Gasteiger partial charge on any atom is 0.251 e. The Hall–Kier alpha value is -3.15.